The fourth-order valence-corrected chi connectivity index (χ4v) is 9.46. The van der Waals surface area contributed by atoms with Gasteiger partial charge in [-0.25, -0.2) is 15.0 Å². The zero-order valence-electron chi connectivity index (χ0n) is 34.1. The molecular formula is C55H40N6. The summed E-state index contributed by atoms with van der Waals surface area (Å²) in [7, 11) is 0. The summed E-state index contributed by atoms with van der Waals surface area (Å²) in [4.78, 5) is 16.1. The van der Waals surface area contributed by atoms with Gasteiger partial charge in [-0.3, -0.25) is 0 Å². The van der Waals surface area contributed by atoms with E-state index in [1.807, 2.05) is 0 Å². The summed E-state index contributed by atoms with van der Waals surface area (Å²) < 4.78 is 7.18. The lowest BCUT2D eigenvalue weighted by molar-refractivity contribution is 0.543. The molecule has 0 atom stereocenters. The summed E-state index contributed by atoms with van der Waals surface area (Å²) in [6.45, 7) is 6.52. The van der Waals surface area contributed by atoms with Crippen LogP contribution in [0.3, 0.4) is 0 Å². The standard InChI is InChI=1S/C55H40N6/c1-55(2,3)54-57-52(41-25-11-17-31-47(41)60-43-27-13-7-21-36(43)37-22-8-14-28-44(37)60)56-53(58-54)42-26-12-18-32-48(42)61-45-29-15-9-23-38(45)39-33-34-49-50(51(39)61)40-24-10-16-30-46(40)59(49)35-19-5-4-6-20-35/h4-34H,1-3H3. The first-order chi connectivity index (χ1) is 29.9. The third-order valence-corrected chi connectivity index (χ3v) is 12.1. The molecule has 0 bridgehead atoms. The smallest absolute Gasteiger partial charge is 0.165 e. The molecule has 0 radical (unpaired) electrons. The van der Waals surface area contributed by atoms with Crippen LogP contribution < -0.4 is 0 Å². The third-order valence-electron chi connectivity index (χ3n) is 12.1. The van der Waals surface area contributed by atoms with E-state index < -0.39 is 0 Å². The van der Waals surface area contributed by atoms with E-state index in [0.717, 1.165) is 61.6 Å². The highest BCUT2D eigenvalue weighted by Crippen LogP contribution is 2.44. The van der Waals surface area contributed by atoms with Crippen molar-refractivity contribution in [3.63, 3.8) is 0 Å². The maximum Gasteiger partial charge on any atom is 0.165 e. The Morgan fingerprint density at radius 2 is 0.787 bits per heavy atom. The summed E-state index contributed by atoms with van der Waals surface area (Å²) >= 11 is 0. The number of aromatic nitrogens is 6. The molecule has 8 aromatic carbocycles. The van der Waals surface area contributed by atoms with Crippen molar-refractivity contribution in [2.24, 2.45) is 0 Å². The van der Waals surface area contributed by atoms with Crippen LogP contribution in [0.5, 0.6) is 0 Å². The van der Waals surface area contributed by atoms with Crippen molar-refractivity contribution in [2.45, 2.75) is 26.2 Å². The second-order valence-corrected chi connectivity index (χ2v) is 16.9. The monoisotopic (exact) mass is 784 g/mol. The highest BCUT2D eigenvalue weighted by Gasteiger charge is 2.26. The van der Waals surface area contributed by atoms with Crippen molar-refractivity contribution in [1.82, 2.24) is 28.7 Å². The Kier molecular flexibility index (Phi) is 7.69. The van der Waals surface area contributed by atoms with Crippen LogP contribution in [-0.2, 0) is 5.41 Å². The van der Waals surface area contributed by atoms with E-state index in [1.165, 1.54) is 37.8 Å². The van der Waals surface area contributed by atoms with Crippen LogP contribution in [0, 0.1) is 0 Å². The molecular weight excluding hydrogens is 745 g/mol. The number of nitrogens with zero attached hydrogens (tertiary/aromatic N) is 6. The van der Waals surface area contributed by atoms with Crippen molar-refractivity contribution in [3.05, 3.63) is 194 Å². The van der Waals surface area contributed by atoms with Crippen LogP contribution in [0.1, 0.15) is 26.6 Å². The molecule has 0 fully saturated rings. The molecule has 12 rings (SSSR count). The minimum absolute atomic E-state index is 0.360. The summed E-state index contributed by atoms with van der Waals surface area (Å²) in [5.41, 5.74) is 11.5. The molecule has 4 heterocycles. The Bertz CT molecular complexity index is 3640. The summed E-state index contributed by atoms with van der Waals surface area (Å²) in [5.74, 6) is 2.00. The zero-order valence-corrected chi connectivity index (χ0v) is 34.1. The average Bonchev–Trinajstić information content (AvgIpc) is 3.95. The molecule has 0 saturated carbocycles. The van der Waals surface area contributed by atoms with Crippen LogP contribution >= 0.6 is 0 Å². The zero-order chi connectivity index (χ0) is 40.8. The minimum atomic E-state index is -0.360. The van der Waals surface area contributed by atoms with Gasteiger partial charge in [0.1, 0.15) is 5.82 Å². The quantitative estimate of drug-likeness (QED) is 0.175. The van der Waals surface area contributed by atoms with Crippen LogP contribution in [0.2, 0.25) is 0 Å². The van der Waals surface area contributed by atoms with Crippen LogP contribution in [0.15, 0.2) is 188 Å². The molecule has 4 aromatic heterocycles. The second-order valence-electron chi connectivity index (χ2n) is 16.9. The molecule has 0 spiro atoms. The maximum absolute atomic E-state index is 5.45. The normalized spacial score (nSPS) is 12.2. The Hall–Kier alpha value is -7.83. The lowest BCUT2D eigenvalue weighted by Crippen LogP contribution is -2.18. The average molecular weight is 785 g/mol. The Labute approximate surface area is 352 Å². The van der Waals surface area contributed by atoms with Gasteiger partial charge < -0.3 is 13.7 Å². The van der Waals surface area contributed by atoms with Gasteiger partial charge in [0.05, 0.1) is 44.5 Å². The number of hydrogen-bond donors (Lipinski definition) is 0. The highest BCUT2D eigenvalue weighted by atomic mass is 15.1. The van der Waals surface area contributed by atoms with Gasteiger partial charge in [-0.2, -0.15) is 0 Å². The molecule has 61 heavy (non-hydrogen) atoms. The van der Waals surface area contributed by atoms with Gasteiger partial charge in [0.2, 0.25) is 0 Å². The number of para-hydroxylation sites is 7. The molecule has 0 amide bonds. The lowest BCUT2D eigenvalue weighted by Gasteiger charge is -2.20. The molecule has 6 heteroatoms. The predicted octanol–water partition coefficient (Wildman–Crippen LogP) is 13.8. The second kappa shape index (κ2) is 13.3. The third kappa shape index (κ3) is 5.32. The van der Waals surface area contributed by atoms with Crippen LogP contribution in [0.4, 0.5) is 0 Å². The number of rotatable bonds is 5. The van der Waals surface area contributed by atoms with Crippen molar-refractivity contribution in [3.8, 4) is 39.8 Å². The van der Waals surface area contributed by atoms with Gasteiger partial charge in [0.15, 0.2) is 11.6 Å². The van der Waals surface area contributed by atoms with Gasteiger partial charge in [-0.1, -0.05) is 142 Å². The fourth-order valence-electron chi connectivity index (χ4n) is 9.46. The van der Waals surface area contributed by atoms with Gasteiger partial charge in [-0.15, -0.1) is 0 Å². The molecule has 290 valence electrons. The molecule has 6 nitrogen and oxygen atoms in total. The molecule has 0 aliphatic heterocycles. The summed E-state index contributed by atoms with van der Waals surface area (Å²) in [6, 6.07) is 67.1. The van der Waals surface area contributed by atoms with E-state index in [9.17, 15) is 0 Å². The van der Waals surface area contributed by atoms with Gasteiger partial charge in [0, 0.05) is 54.5 Å². The molecule has 0 saturated heterocycles. The van der Waals surface area contributed by atoms with Crippen molar-refractivity contribution < 1.29 is 0 Å². The number of fused-ring (bicyclic) bond motifs is 10. The van der Waals surface area contributed by atoms with E-state index in [-0.39, 0.29) is 5.41 Å². The first kappa shape index (κ1) is 35.1. The maximum atomic E-state index is 5.45. The predicted molar refractivity (Wildman–Crippen MR) is 252 cm³/mol. The molecule has 0 unspecified atom stereocenters. The van der Waals surface area contributed by atoms with Crippen molar-refractivity contribution in [2.75, 3.05) is 0 Å². The van der Waals surface area contributed by atoms with E-state index >= 15 is 0 Å². The van der Waals surface area contributed by atoms with Crippen molar-refractivity contribution in [1.29, 1.82) is 0 Å². The molecule has 0 N–H and O–H groups in total. The Balaban J connectivity index is 1.15. The summed E-state index contributed by atoms with van der Waals surface area (Å²) in [5, 5.41) is 7.21. The van der Waals surface area contributed by atoms with E-state index in [2.05, 4.69) is 223 Å². The first-order valence-corrected chi connectivity index (χ1v) is 20.9. The molecule has 12 aromatic rings. The van der Waals surface area contributed by atoms with Gasteiger partial charge >= 0.3 is 0 Å². The number of benzene rings is 8. The van der Waals surface area contributed by atoms with Crippen LogP contribution in [-0.4, -0.2) is 28.7 Å². The SMILES string of the molecule is CC(C)(C)c1nc(-c2ccccc2-n2c3ccccc3c3ccccc32)nc(-c2ccccc2-n2c3ccccc3c3ccc4c(c5ccccc5n4-c4ccccc4)c32)n1. The van der Waals surface area contributed by atoms with Gasteiger partial charge in [0.25, 0.3) is 0 Å². The number of hydrogen-bond acceptors (Lipinski definition) is 3. The molecule has 0 aliphatic rings. The topological polar surface area (TPSA) is 53.5 Å². The minimum Gasteiger partial charge on any atom is -0.309 e. The fraction of sp³-hybridized carbons (Fsp3) is 0.0727. The first-order valence-electron chi connectivity index (χ1n) is 20.9. The Morgan fingerprint density at radius 1 is 0.344 bits per heavy atom. The summed E-state index contributed by atoms with van der Waals surface area (Å²) in [6.07, 6.45) is 0. The van der Waals surface area contributed by atoms with Crippen molar-refractivity contribution >= 4 is 65.4 Å². The largest absolute Gasteiger partial charge is 0.309 e. The lowest BCUT2D eigenvalue weighted by atomic mass is 9.95. The Morgan fingerprint density at radius 3 is 1.36 bits per heavy atom. The van der Waals surface area contributed by atoms with E-state index in [1.54, 1.807) is 0 Å². The molecule has 0 aliphatic carbocycles. The van der Waals surface area contributed by atoms with Gasteiger partial charge in [-0.05, 0) is 66.7 Å². The highest BCUT2D eigenvalue weighted by molar-refractivity contribution is 6.26. The van der Waals surface area contributed by atoms with Crippen LogP contribution in [0.25, 0.3) is 105 Å². The van der Waals surface area contributed by atoms with E-state index in [0.29, 0.717) is 11.6 Å². The van der Waals surface area contributed by atoms with E-state index in [4.69, 9.17) is 15.0 Å².